The highest BCUT2D eigenvalue weighted by atomic mass is 35.5. The lowest BCUT2D eigenvalue weighted by Crippen LogP contribution is -1.97. The molecule has 0 amide bonds. The minimum Gasteiger partial charge on any atom is -0.492 e. The van der Waals surface area contributed by atoms with E-state index in [1.54, 1.807) is 18.2 Å². The smallest absolute Gasteiger partial charge is 0.120 e. The van der Waals surface area contributed by atoms with Gasteiger partial charge < -0.3 is 4.74 Å². The molecule has 1 rings (SSSR count). The first-order valence-electron chi connectivity index (χ1n) is 3.38. The van der Waals surface area contributed by atoms with E-state index >= 15 is 0 Å². The molecule has 0 aliphatic rings. The van der Waals surface area contributed by atoms with Gasteiger partial charge >= 0.3 is 0 Å². The van der Waals surface area contributed by atoms with Crippen molar-refractivity contribution in [2.45, 2.75) is 0 Å². The quantitative estimate of drug-likeness (QED) is 0.714. The van der Waals surface area contributed by atoms with Crippen LogP contribution in [0.3, 0.4) is 0 Å². The second-order valence-electron chi connectivity index (χ2n) is 2.11. The Hall–Kier alpha value is -0.110. The average Bonchev–Trinajstić information content (AvgIpc) is 2.07. The number of hydrogen-bond acceptors (Lipinski definition) is 1. The third kappa shape index (κ3) is 2.74. The van der Waals surface area contributed by atoms with Crippen LogP contribution < -0.4 is 4.74 Å². The summed E-state index contributed by atoms with van der Waals surface area (Å²) in [5.74, 6) is 1.14. The summed E-state index contributed by atoms with van der Waals surface area (Å²) in [7, 11) is 0. The zero-order valence-corrected chi connectivity index (χ0v) is 8.46. The van der Waals surface area contributed by atoms with Gasteiger partial charge in [-0.25, -0.2) is 0 Å². The average molecular weight is 226 g/mol. The summed E-state index contributed by atoms with van der Waals surface area (Å²) in [5, 5.41) is 1.01. The van der Waals surface area contributed by atoms with Gasteiger partial charge in [-0.2, -0.15) is 0 Å². The molecule has 1 aromatic rings. The Morgan fingerprint density at radius 2 is 1.92 bits per heavy atom. The van der Waals surface area contributed by atoms with Gasteiger partial charge in [-0.3, -0.25) is 0 Å². The molecule has 66 valence electrons. The first-order chi connectivity index (χ1) is 5.74. The van der Waals surface area contributed by atoms with Crippen molar-refractivity contribution in [2.24, 2.45) is 0 Å². The molecule has 0 aliphatic carbocycles. The number of hydrogen-bond donors (Lipinski definition) is 0. The van der Waals surface area contributed by atoms with Crippen LogP contribution in [0.2, 0.25) is 10.0 Å². The van der Waals surface area contributed by atoms with E-state index in [0.717, 1.165) is 0 Å². The van der Waals surface area contributed by atoms with Gasteiger partial charge in [0.2, 0.25) is 0 Å². The van der Waals surface area contributed by atoms with Crippen molar-refractivity contribution in [3.05, 3.63) is 28.2 Å². The summed E-state index contributed by atoms with van der Waals surface area (Å²) in [5.41, 5.74) is 0. The molecule has 0 bridgehead atoms. The van der Waals surface area contributed by atoms with Crippen molar-refractivity contribution in [3.8, 4) is 5.75 Å². The number of ether oxygens (including phenoxy) is 1. The fourth-order valence-electron chi connectivity index (χ4n) is 0.723. The van der Waals surface area contributed by atoms with Crippen molar-refractivity contribution in [1.82, 2.24) is 0 Å². The Balaban J connectivity index is 2.69. The molecule has 1 nitrogen and oxygen atoms in total. The van der Waals surface area contributed by atoms with E-state index < -0.39 is 0 Å². The second kappa shape index (κ2) is 4.80. The van der Waals surface area contributed by atoms with E-state index in [0.29, 0.717) is 28.3 Å². The van der Waals surface area contributed by atoms with Crippen LogP contribution >= 0.6 is 34.8 Å². The molecular weight excluding hydrogens is 218 g/mol. The van der Waals surface area contributed by atoms with Crippen LogP contribution in [-0.2, 0) is 0 Å². The first-order valence-corrected chi connectivity index (χ1v) is 4.67. The van der Waals surface area contributed by atoms with E-state index in [2.05, 4.69) is 0 Å². The number of alkyl halides is 1. The lowest BCUT2D eigenvalue weighted by Gasteiger charge is -2.04. The van der Waals surface area contributed by atoms with E-state index in [4.69, 9.17) is 39.5 Å². The topological polar surface area (TPSA) is 9.23 Å². The van der Waals surface area contributed by atoms with Gasteiger partial charge in [0.05, 0.1) is 15.9 Å². The van der Waals surface area contributed by atoms with Crippen LogP contribution in [0.4, 0.5) is 0 Å². The molecule has 0 saturated carbocycles. The highest BCUT2D eigenvalue weighted by Crippen LogP contribution is 2.26. The van der Waals surface area contributed by atoms with E-state index in [-0.39, 0.29) is 0 Å². The summed E-state index contributed by atoms with van der Waals surface area (Å²) in [6, 6.07) is 5.10. The summed E-state index contributed by atoms with van der Waals surface area (Å²) >= 11 is 16.9. The molecule has 0 radical (unpaired) electrons. The number of halogens is 3. The molecule has 4 heteroatoms. The van der Waals surface area contributed by atoms with E-state index in [1.807, 2.05) is 0 Å². The molecule has 0 heterocycles. The van der Waals surface area contributed by atoms with Gasteiger partial charge in [-0.05, 0) is 12.1 Å². The summed E-state index contributed by atoms with van der Waals surface area (Å²) in [6.45, 7) is 0.472. The highest BCUT2D eigenvalue weighted by Gasteiger charge is 1.99. The Labute approximate surface area is 86.2 Å². The van der Waals surface area contributed by atoms with Gasteiger partial charge in [0.15, 0.2) is 0 Å². The van der Waals surface area contributed by atoms with Crippen molar-refractivity contribution in [2.75, 3.05) is 12.5 Å². The molecule has 0 saturated heterocycles. The lowest BCUT2D eigenvalue weighted by atomic mass is 10.3. The maximum absolute atomic E-state index is 5.75. The summed E-state index contributed by atoms with van der Waals surface area (Å²) in [4.78, 5) is 0. The van der Waals surface area contributed by atoms with Crippen LogP contribution in [0.25, 0.3) is 0 Å². The van der Waals surface area contributed by atoms with E-state index in [1.165, 1.54) is 0 Å². The highest BCUT2D eigenvalue weighted by molar-refractivity contribution is 6.42. The van der Waals surface area contributed by atoms with Crippen molar-refractivity contribution >= 4 is 34.8 Å². The minimum atomic E-state index is 0.459. The van der Waals surface area contributed by atoms with Gasteiger partial charge in [-0.1, -0.05) is 23.2 Å². The maximum atomic E-state index is 5.75. The largest absolute Gasteiger partial charge is 0.492 e. The molecule has 0 unspecified atom stereocenters. The molecular formula is C8H7Cl3O. The van der Waals surface area contributed by atoms with Crippen LogP contribution in [-0.4, -0.2) is 12.5 Å². The molecule has 0 atom stereocenters. The molecule has 12 heavy (non-hydrogen) atoms. The van der Waals surface area contributed by atoms with Crippen LogP contribution in [0.1, 0.15) is 0 Å². The third-order valence-electron chi connectivity index (χ3n) is 1.24. The minimum absolute atomic E-state index is 0.459. The first kappa shape index (κ1) is 9.97. The molecule has 0 N–H and O–H groups in total. The van der Waals surface area contributed by atoms with Gasteiger partial charge in [0.1, 0.15) is 12.4 Å². The molecule has 0 aromatic heterocycles. The van der Waals surface area contributed by atoms with Crippen LogP contribution in [0, 0.1) is 0 Å². The predicted molar refractivity (Wildman–Crippen MR) is 52.7 cm³/mol. The zero-order valence-electron chi connectivity index (χ0n) is 6.19. The SMILES string of the molecule is ClCCOc1ccc(Cl)c(Cl)c1. The van der Waals surface area contributed by atoms with Gasteiger partial charge in [-0.15, -0.1) is 11.6 Å². The standard InChI is InChI=1S/C8H7Cl3O/c9-3-4-12-6-1-2-7(10)8(11)5-6/h1-2,5H,3-4H2. The summed E-state index contributed by atoms with van der Waals surface area (Å²) in [6.07, 6.45) is 0. The van der Waals surface area contributed by atoms with E-state index in [9.17, 15) is 0 Å². The zero-order chi connectivity index (χ0) is 8.97. The lowest BCUT2D eigenvalue weighted by molar-refractivity contribution is 0.343. The van der Waals surface area contributed by atoms with Gasteiger partial charge in [0.25, 0.3) is 0 Å². The maximum Gasteiger partial charge on any atom is 0.120 e. The molecule has 0 fully saturated rings. The monoisotopic (exact) mass is 224 g/mol. The number of rotatable bonds is 3. The molecule has 1 aromatic carbocycles. The fourth-order valence-corrected chi connectivity index (χ4v) is 1.09. The van der Waals surface area contributed by atoms with Crippen molar-refractivity contribution in [3.63, 3.8) is 0 Å². The van der Waals surface area contributed by atoms with Gasteiger partial charge in [0, 0.05) is 6.07 Å². The fraction of sp³-hybridized carbons (Fsp3) is 0.250. The normalized spacial score (nSPS) is 9.92. The van der Waals surface area contributed by atoms with Crippen LogP contribution in [0.15, 0.2) is 18.2 Å². The molecule has 0 aliphatic heterocycles. The molecule has 0 spiro atoms. The Morgan fingerprint density at radius 3 is 2.50 bits per heavy atom. The number of benzene rings is 1. The Bertz CT molecular complexity index is 262. The second-order valence-corrected chi connectivity index (χ2v) is 3.31. The Kier molecular flexibility index (Phi) is 3.99. The third-order valence-corrected chi connectivity index (χ3v) is 2.13. The Morgan fingerprint density at radius 1 is 1.17 bits per heavy atom. The van der Waals surface area contributed by atoms with Crippen LogP contribution in [0.5, 0.6) is 5.75 Å². The van der Waals surface area contributed by atoms with Crippen molar-refractivity contribution < 1.29 is 4.74 Å². The predicted octanol–water partition coefficient (Wildman–Crippen LogP) is 3.61. The summed E-state index contributed by atoms with van der Waals surface area (Å²) < 4.78 is 5.22. The van der Waals surface area contributed by atoms with Crippen molar-refractivity contribution in [1.29, 1.82) is 0 Å².